The Bertz CT molecular complexity index is 400. The molecule has 2 heterocycles. The first-order valence-corrected chi connectivity index (χ1v) is 7.14. The van der Waals surface area contributed by atoms with E-state index in [1.807, 2.05) is 11.8 Å². The maximum Gasteiger partial charge on any atom is 0.186 e. The van der Waals surface area contributed by atoms with Crippen molar-refractivity contribution in [2.45, 2.75) is 25.5 Å². The molecule has 0 N–H and O–H groups in total. The lowest BCUT2D eigenvalue weighted by atomic mass is 10.2. The highest BCUT2D eigenvalue weighted by molar-refractivity contribution is 8.00. The molecule has 1 aliphatic heterocycles. The Labute approximate surface area is 104 Å². The average Bonchev–Trinajstić information content (AvgIpc) is 2.64. The van der Waals surface area contributed by atoms with Gasteiger partial charge in [0.2, 0.25) is 0 Å². The van der Waals surface area contributed by atoms with Crippen molar-refractivity contribution in [1.82, 2.24) is 4.98 Å². The average molecular weight is 256 g/mol. The van der Waals surface area contributed by atoms with E-state index in [1.54, 1.807) is 13.1 Å². The van der Waals surface area contributed by atoms with Gasteiger partial charge in [-0.05, 0) is 13.8 Å². The minimum absolute atomic E-state index is 0.106. The van der Waals surface area contributed by atoms with Crippen molar-refractivity contribution >= 4 is 34.0 Å². The highest BCUT2D eigenvalue weighted by Gasteiger charge is 2.28. The van der Waals surface area contributed by atoms with Crippen molar-refractivity contribution in [3.63, 3.8) is 0 Å². The Morgan fingerprint density at radius 1 is 1.56 bits per heavy atom. The van der Waals surface area contributed by atoms with Crippen molar-refractivity contribution in [2.75, 3.05) is 23.7 Å². The summed E-state index contributed by atoms with van der Waals surface area (Å²) in [5, 5.41) is 0.985. The number of nitrogens with zero attached hydrogens (tertiary/aromatic N) is 2. The summed E-state index contributed by atoms with van der Waals surface area (Å²) in [6.07, 6.45) is 1.69. The summed E-state index contributed by atoms with van der Waals surface area (Å²) in [4.78, 5) is 18.6. The monoisotopic (exact) mass is 256 g/mol. The van der Waals surface area contributed by atoms with E-state index in [0.717, 1.165) is 28.9 Å². The summed E-state index contributed by atoms with van der Waals surface area (Å²) >= 11 is 3.50. The molecular formula is C11H16N2OS2. The van der Waals surface area contributed by atoms with E-state index in [2.05, 4.69) is 23.7 Å². The van der Waals surface area contributed by atoms with Gasteiger partial charge in [-0.3, -0.25) is 4.79 Å². The van der Waals surface area contributed by atoms with Gasteiger partial charge < -0.3 is 4.90 Å². The molecule has 16 heavy (non-hydrogen) atoms. The molecule has 1 aliphatic rings. The van der Waals surface area contributed by atoms with Crippen molar-refractivity contribution in [2.24, 2.45) is 0 Å². The van der Waals surface area contributed by atoms with E-state index >= 15 is 0 Å². The van der Waals surface area contributed by atoms with Gasteiger partial charge >= 0.3 is 0 Å². The molecule has 1 aromatic heterocycles. The fourth-order valence-corrected chi connectivity index (χ4v) is 3.70. The number of thioether (sulfide) groups is 1. The van der Waals surface area contributed by atoms with Crippen molar-refractivity contribution < 1.29 is 4.79 Å². The van der Waals surface area contributed by atoms with Crippen molar-refractivity contribution in [3.05, 3.63) is 11.1 Å². The first-order chi connectivity index (χ1) is 7.48. The summed E-state index contributed by atoms with van der Waals surface area (Å²) in [5.41, 5.74) is 0. The molecular weight excluding hydrogens is 240 g/mol. The van der Waals surface area contributed by atoms with E-state index in [-0.39, 0.29) is 10.5 Å². The number of anilines is 1. The second-order valence-corrected chi connectivity index (χ2v) is 7.40. The van der Waals surface area contributed by atoms with Crippen LogP contribution in [0.5, 0.6) is 0 Å². The SMILES string of the molecule is CC(=O)c1cnc(N2CCSC(C)(C)C2)s1. The van der Waals surface area contributed by atoms with E-state index in [9.17, 15) is 4.79 Å². The zero-order valence-corrected chi connectivity index (χ0v) is 11.5. The number of carbonyl (C=O) groups excluding carboxylic acids is 1. The third-order valence-corrected chi connectivity index (χ3v) is 4.99. The summed E-state index contributed by atoms with van der Waals surface area (Å²) in [6, 6.07) is 0. The molecule has 0 aliphatic carbocycles. The first kappa shape index (κ1) is 11.9. The molecule has 1 fully saturated rings. The highest BCUT2D eigenvalue weighted by Crippen LogP contribution is 2.33. The Kier molecular flexibility index (Phi) is 3.26. The minimum Gasteiger partial charge on any atom is -0.346 e. The topological polar surface area (TPSA) is 33.2 Å². The highest BCUT2D eigenvalue weighted by atomic mass is 32.2. The maximum atomic E-state index is 11.2. The maximum absolute atomic E-state index is 11.2. The van der Waals surface area contributed by atoms with Crippen LogP contribution < -0.4 is 4.90 Å². The number of Topliss-reactive ketones (excluding diaryl/α,β-unsaturated/α-hetero) is 1. The molecule has 1 saturated heterocycles. The van der Waals surface area contributed by atoms with Crippen LogP contribution in [0.2, 0.25) is 0 Å². The van der Waals surface area contributed by atoms with Crippen molar-refractivity contribution in [1.29, 1.82) is 0 Å². The van der Waals surface area contributed by atoms with Crippen LogP contribution in [-0.4, -0.2) is 34.4 Å². The summed E-state index contributed by atoms with van der Waals surface area (Å²) in [6.45, 7) is 8.13. The molecule has 88 valence electrons. The summed E-state index contributed by atoms with van der Waals surface area (Å²) in [5.74, 6) is 1.23. The number of aromatic nitrogens is 1. The summed E-state index contributed by atoms with van der Waals surface area (Å²) in [7, 11) is 0. The van der Waals surface area contributed by atoms with E-state index in [1.165, 1.54) is 11.3 Å². The van der Waals surface area contributed by atoms with Crippen LogP contribution in [0.1, 0.15) is 30.4 Å². The number of carbonyl (C=O) groups is 1. The second-order valence-electron chi connectivity index (χ2n) is 4.59. The van der Waals surface area contributed by atoms with Gasteiger partial charge in [0, 0.05) is 30.5 Å². The molecule has 2 rings (SSSR count). The van der Waals surface area contributed by atoms with Crippen molar-refractivity contribution in [3.8, 4) is 0 Å². The van der Waals surface area contributed by atoms with Gasteiger partial charge in [-0.25, -0.2) is 4.98 Å². The third-order valence-electron chi connectivity index (χ3n) is 2.54. The van der Waals surface area contributed by atoms with Gasteiger partial charge in [0.15, 0.2) is 10.9 Å². The third kappa shape index (κ3) is 2.58. The molecule has 5 heteroatoms. The standard InChI is InChI=1S/C11H16N2OS2/c1-8(14)9-6-12-10(16-9)13-4-5-15-11(2,3)7-13/h6H,4-5,7H2,1-3H3. The Hall–Kier alpha value is -0.550. The van der Waals surface area contributed by atoms with Crippen LogP contribution >= 0.6 is 23.1 Å². The van der Waals surface area contributed by atoms with Crippen LogP contribution in [0.25, 0.3) is 0 Å². The van der Waals surface area contributed by atoms with Crippen LogP contribution in [0.3, 0.4) is 0 Å². The molecule has 0 atom stereocenters. The predicted molar refractivity (Wildman–Crippen MR) is 70.9 cm³/mol. The molecule has 0 aromatic carbocycles. The summed E-state index contributed by atoms with van der Waals surface area (Å²) < 4.78 is 0.278. The lowest BCUT2D eigenvalue weighted by Gasteiger charge is -2.37. The van der Waals surface area contributed by atoms with E-state index in [0.29, 0.717) is 0 Å². The van der Waals surface area contributed by atoms with Crippen LogP contribution in [0, 0.1) is 0 Å². The van der Waals surface area contributed by atoms with Crippen LogP contribution in [0.15, 0.2) is 6.20 Å². The van der Waals surface area contributed by atoms with E-state index in [4.69, 9.17) is 0 Å². The smallest absolute Gasteiger partial charge is 0.186 e. The zero-order valence-electron chi connectivity index (χ0n) is 9.82. The van der Waals surface area contributed by atoms with Gasteiger partial charge in [-0.2, -0.15) is 11.8 Å². The zero-order chi connectivity index (χ0) is 11.8. The lowest BCUT2D eigenvalue weighted by molar-refractivity contribution is 0.102. The fraction of sp³-hybridized carbons (Fsp3) is 0.636. The molecule has 0 unspecified atom stereocenters. The first-order valence-electron chi connectivity index (χ1n) is 5.34. The Morgan fingerprint density at radius 3 is 2.88 bits per heavy atom. The van der Waals surface area contributed by atoms with Gasteiger partial charge in [-0.1, -0.05) is 11.3 Å². The largest absolute Gasteiger partial charge is 0.346 e. The molecule has 0 amide bonds. The molecule has 0 saturated carbocycles. The van der Waals surface area contributed by atoms with Gasteiger partial charge in [0.1, 0.15) is 0 Å². The van der Waals surface area contributed by atoms with E-state index < -0.39 is 0 Å². The number of hydrogen-bond donors (Lipinski definition) is 0. The molecule has 0 radical (unpaired) electrons. The van der Waals surface area contributed by atoms with Crippen LogP contribution in [0.4, 0.5) is 5.13 Å². The molecule has 3 nitrogen and oxygen atoms in total. The minimum atomic E-state index is 0.106. The molecule has 0 bridgehead atoms. The Morgan fingerprint density at radius 2 is 2.31 bits per heavy atom. The number of rotatable bonds is 2. The lowest BCUT2D eigenvalue weighted by Crippen LogP contribution is -2.43. The second kappa shape index (κ2) is 4.37. The predicted octanol–water partition coefficient (Wildman–Crippen LogP) is 2.68. The number of thiazole rings is 1. The number of hydrogen-bond acceptors (Lipinski definition) is 5. The molecule has 0 spiro atoms. The fourth-order valence-electron chi connectivity index (χ4n) is 1.75. The van der Waals surface area contributed by atoms with Crippen LogP contribution in [-0.2, 0) is 0 Å². The number of ketones is 1. The quantitative estimate of drug-likeness (QED) is 0.762. The normalized spacial score (nSPS) is 19.8. The van der Waals surface area contributed by atoms with Gasteiger partial charge in [-0.15, -0.1) is 0 Å². The van der Waals surface area contributed by atoms with Gasteiger partial charge in [0.05, 0.1) is 11.1 Å². The Balaban J connectivity index is 2.14. The van der Waals surface area contributed by atoms with Gasteiger partial charge in [0.25, 0.3) is 0 Å². The molecule has 1 aromatic rings.